The van der Waals surface area contributed by atoms with Crippen LogP contribution in [0.15, 0.2) is 67.3 Å². The monoisotopic (exact) mass is 359 g/mol. The number of pyridine rings is 2. The van der Waals surface area contributed by atoms with Gasteiger partial charge in [0.2, 0.25) is 0 Å². The van der Waals surface area contributed by atoms with E-state index in [9.17, 15) is 9.90 Å². The topological polar surface area (TPSA) is 92.1 Å². The summed E-state index contributed by atoms with van der Waals surface area (Å²) in [6.45, 7) is 0. The van der Waals surface area contributed by atoms with Crippen LogP contribution in [0.1, 0.15) is 0 Å². The Hall–Kier alpha value is -3.87. The highest BCUT2D eigenvalue weighted by molar-refractivity contribution is 6.00. The van der Waals surface area contributed by atoms with Crippen LogP contribution in [-0.2, 0) is 7.05 Å². The molecule has 3 heterocycles. The Bertz CT molecular complexity index is 1120. The number of nitrogens with one attached hydrogen (secondary N) is 2. The number of aromatic hydroxyl groups is 1. The van der Waals surface area contributed by atoms with E-state index in [1.54, 1.807) is 36.7 Å². The van der Waals surface area contributed by atoms with Crippen molar-refractivity contribution in [3.8, 4) is 17.0 Å². The highest BCUT2D eigenvalue weighted by Gasteiger charge is 2.10. The van der Waals surface area contributed by atoms with Crippen molar-refractivity contribution in [3.05, 3.63) is 67.3 Å². The lowest BCUT2D eigenvalue weighted by atomic mass is 10.1. The quantitative estimate of drug-likeness (QED) is 0.482. The average molecular weight is 359 g/mol. The van der Waals surface area contributed by atoms with Crippen molar-refractivity contribution in [1.82, 2.24) is 14.5 Å². The Morgan fingerprint density at radius 1 is 1.07 bits per heavy atom. The number of phenolic OH excluding ortho intramolecular Hbond substituents is 1. The van der Waals surface area contributed by atoms with Crippen molar-refractivity contribution < 1.29 is 9.90 Å². The zero-order valence-electron chi connectivity index (χ0n) is 14.5. The predicted octanol–water partition coefficient (Wildman–Crippen LogP) is 3.98. The first-order valence-corrected chi connectivity index (χ1v) is 8.33. The molecular formula is C20H17N5O2. The molecule has 3 N–H and O–H groups in total. The van der Waals surface area contributed by atoms with E-state index < -0.39 is 6.03 Å². The van der Waals surface area contributed by atoms with E-state index in [4.69, 9.17) is 0 Å². The van der Waals surface area contributed by atoms with Crippen LogP contribution >= 0.6 is 0 Å². The molecule has 0 aliphatic rings. The number of hydrogen-bond donors (Lipinski definition) is 3. The first-order chi connectivity index (χ1) is 13.1. The molecule has 0 spiro atoms. The van der Waals surface area contributed by atoms with Crippen LogP contribution in [0, 0.1) is 0 Å². The van der Waals surface area contributed by atoms with Gasteiger partial charge in [-0.2, -0.15) is 0 Å². The van der Waals surface area contributed by atoms with Crippen LogP contribution in [0.3, 0.4) is 0 Å². The van der Waals surface area contributed by atoms with Crippen LogP contribution < -0.4 is 10.6 Å². The summed E-state index contributed by atoms with van der Waals surface area (Å²) in [5.41, 5.74) is 3.72. The number of para-hydroxylation sites is 2. The second-order valence-electron chi connectivity index (χ2n) is 6.07. The molecule has 0 saturated heterocycles. The minimum absolute atomic E-state index is 0.00608. The number of benzene rings is 1. The van der Waals surface area contributed by atoms with Crippen molar-refractivity contribution in [2.24, 2.45) is 7.05 Å². The SMILES string of the molecule is Cn1cc(-c2ccc(NC(=O)Nc3ccccc3O)cn2)c2ccncc21. The number of carbonyl (C=O) groups is 1. The van der Waals surface area contributed by atoms with Crippen molar-refractivity contribution in [2.45, 2.75) is 0 Å². The summed E-state index contributed by atoms with van der Waals surface area (Å²) in [6, 6.07) is 11.7. The fourth-order valence-electron chi connectivity index (χ4n) is 2.92. The molecule has 0 aliphatic heterocycles. The number of nitrogens with zero attached hydrogens (tertiary/aromatic N) is 3. The molecule has 0 bridgehead atoms. The van der Waals surface area contributed by atoms with E-state index in [2.05, 4.69) is 20.6 Å². The number of rotatable bonds is 3. The molecule has 134 valence electrons. The minimum atomic E-state index is -0.456. The third-order valence-corrected chi connectivity index (χ3v) is 4.24. The van der Waals surface area contributed by atoms with Gasteiger partial charge < -0.3 is 20.3 Å². The summed E-state index contributed by atoms with van der Waals surface area (Å²) >= 11 is 0. The Morgan fingerprint density at radius 2 is 1.93 bits per heavy atom. The fraction of sp³-hybridized carbons (Fsp3) is 0.0500. The summed E-state index contributed by atoms with van der Waals surface area (Å²) in [6.07, 6.45) is 7.18. The number of amides is 2. The Labute approximate surface area is 155 Å². The van der Waals surface area contributed by atoms with E-state index in [1.165, 1.54) is 6.07 Å². The molecule has 7 nitrogen and oxygen atoms in total. The summed E-state index contributed by atoms with van der Waals surface area (Å²) in [7, 11) is 1.97. The molecule has 7 heteroatoms. The molecule has 0 aliphatic carbocycles. The highest BCUT2D eigenvalue weighted by atomic mass is 16.3. The molecular weight excluding hydrogens is 342 g/mol. The lowest BCUT2D eigenvalue weighted by molar-refractivity contribution is 0.262. The molecule has 27 heavy (non-hydrogen) atoms. The van der Waals surface area contributed by atoms with E-state index >= 15 is 0 Å². The molecule has 0 saturated carbocycles. The molecule has 0 radical (unpaired) electrons. The van der Waals surface area contributed by atoms with Crippen LogP contribution in [0.4, 0.5) is 16.2 Å². The van der Waals surface area contributed by atoms with Crippen molar-refractivity contribution in [2.75, 3.05) is 10.6 Å². The van der Waals surface area contributed by atoms with Gasteiger partial charge in [-0.3, -0.25) is 9.97 Å². The molecule has 0 unspecified atom stereocenters. The largest absolute Gasteiger partial charge is 0.506 e. The van der Waals surface area contributed by atoms with Gasteiger partial charge in [0.15, 0.2) is 0 Å². The average Bonchev–Trinajstić information content (AvgIpc) is 3.01. The second kappa shape index (κ2) is 6.80. The number of aromatic nitrogens is 3. The van der Waals surface area contributed by atoms with Gasteiger partial charge in [0.1, 0.15) is 5.75 Å². The van der Waals surface area contributed by atoms with Crippen LogP contribution in [-0.4, -0.2) is 25.7 Å². The number of aryl methyl sites for hydroxylation is 1. The maximum Gasteiger partial charge on any atom is 0.323 e. The number of fused-ring (bicyclic) bond motifs is 1. The zero-order valence-corrected chi connectivity index (χ0v) is 14.5. The van der Waals surface area contributed by atoms with Gasteiger partial charge >= 0.3 is 6.03 Å². The van der Waals surface area contributed by atoms with Gasteiger partial charge in [0, 0.05) is 30.4 Å². The van der Waals surface area contributed by atoms with Gasteiger partial charge in [-0.05, 0) is 30.3 Å². The number of urea groups is 1. The van der Waals surface area contributed by atoms with Gasteiger partial charge in [0.25, 0.3) is 0 Å². The van der Waals surface area contributed by atoms with Gasteiger partial charge in [-0.1, -0.05) is 12.1 Å². The van der Waals surface area contributed by atoms with Crippen molar-refractivity contribution in [3.63, 3.8) is 0 Å². The first-order valence-electron chi connectivity index (χ1n) is 8.33. The van der Waals surface area contributed by atoms with E-state index in [-0.39, 0.29) is 5.75 Å². The first kappa shape index (κ1) is 16.6. The van der Waals surface area contributed by atoms with Gasteiger partial charge in [-0.15, -0.1) is 0 Å². The van der Waals surface area contributed by atoms with Crippen LogP contribution in [0.25, 0.3) is 22.2 Å². The summed E-state index contributed by atoms with van der Waals surface area (Å²) < 4.78 is 2.01. The molecule has 1 aromatic carbocycles. The van der Waals surface area contributed by atoms with Crippen molar-refractivity contribution in [1.29, 1.82) is 0 Å². The van der Waals surface area contributed by atoms with Crippen LogP contribution in [0.5, 0.6) is 5.75 Å². The molecule has 4 aromatic rings. The number of phenols is 1. The van der Waals surface area contributed by atoms with Crippen molar-refractivity contribution >= 4 is 28.3 Å². The standard InChI is InChI=1S/C20H17N5O2/c1-25-12-15(14-8-9-21-11-18(14)25)16-7-6-13(10-22-16)23-20(27)24-17-4-2-3-5-19(17)26/h2-12,26H,1H3,(H2,23,24,27). The fourth-order valence-corrected chi connectivity index (χ4v) is 2.92. The maximum absolute atomic E-state index is 12.1. The lowest BCUT2D eigenvalue weighted by Gasteiger charge is -2.09. The summed E-state index contributed by atoms with van der Waals surface area (Å²) in [4.78, 5) is 20.7. The van der Waals surface area contributed by atoms with E-state index in [0.717, 1.165) is 22.2 Å². The zero-order chi connectivity index (χ0) is 18.8. The molecule has 4 rings (SSSR count). The van der Waals surface area contributed by atoms with Crippen LogP contribution in [0.2, 0.25) is 0 Å². The van der Waals surface area contributed by atoms with Gasteiger partial charge in [0.05, 0.1) is 35.0 Å². The summed E-state index contributed by atoms with van der Waals surface area (Å²) in [5, 5.41) is 16.1. The Balaban J connectivity index is 1.52. The van der Waals surface area contributed by atoms with Gasteiger partial charge in [-0.25, -0.2) is 4.79 Å². The molecule has 3 aromatic heterocycles. The number of anilines is 2. The molecule has 2 amide bonds. The number of carbonyl (C=O) groups excluding carboxylic acids is 1. The van der Waals surface area contributed by atoms with E-state index in [0.29, 0.717) is 11.4 Å². The summed E-state index contributed by atoms with van der Waals surface area (Å²) in [5.74, 6) is 0.00608. The smallest absolute Gasteiger partial charge is 0.323 e. The minimum Gasteiger partial charge on any atom is -0.506 e. The normalized spacial score (nSPS) is 10.7. The number of hydrogen-bond acceptors (Lipinski definition) is 4. The van der Waals surface area contributed by atoms with E-state index in [1.807, 2.05) is 36.1 Å². The lowest BCUT2D eigenvalue weighted by Crippen LogP contribution is -2.19. The molecule has 0 fully saturated rings. The third-order valence-electron chi connectivity index (χ3n) is 4.24. The predicted molar refractivity (Wildman–Crippen MR) is 105 cm³/mol. The Kier molecular flexibility index (Phi) is 4.18. The Morgan fingerprint density at radius 3 is 2.70 bits per heavy atom. The highest BCUT2D eigenvalue weighted by Crippen LogP contribution is 2.28. The second-order valence-corrected chi connectivity index (χ2v) is 6.07. The third kappa shape index (κ3) is 3.30. The maximum atomic E-state index is 12.1. The molecule has 0 atom stereocenters.